The Morgan fingerprint density at radius 2 is 2.43 bits per heavy atom. The van der Waals surface area contributed by atoms with E-state index in [1.54, 1.807) is 6.20 Å². The molecular formula is C2HBr2N3. The van der Waals surface area contributed by atoms with Crippen molar-refractivity contribution in [2.45, 2.75) is 0 Å². The highest BCUT2D eigenvalue weighted by Gasteiger charge is 1.90. The van der Waals surface area contributed by atoms with Gasteiger partial charge in [0.2, 0.25) is 0 Å². The molecule has 1 heterocycles. The van der Waals surface area contributed by atoms with E-state index in [9.17, 15) is 0 Å². The van der Waals surface area contributed by atoms with Crippen molar-refractivity contribution in [2.75, 3.05) is 0 Å². The lowest BCUT2D eigenvalue weighted by molar-refractivity contribution is 0.896. The third-order valence-electron chi connectivity index (χ3n) is 0.471. The van der Waals surface area contributed by atoms with Crippen molar-refractivity contribution >= 4 is 32.1 Å². The molecule has 7 heavy (non-hydrogen) atoms. The molecule has 0 spiro atoms. The van der Waals surface area contributed by atoms with E-state index in [1.165, 1.54) is 3.71 Å². The summed E-state index contributed by atoms with van der Waals surface area (Å²) >= 11 is 6.22. The Bertz CT molecular complexity index is 143. The molecule has 0 aliphatic rings. The van der Waals surface area contributed by atoms with Crippen molar-refractivity contribution < 1.29 is 0 Å². The largest absolute Gasteiger partial charge is 0.170 e. The van der Waals surface area contributed by atoms with Gasteiger partial charge in [-0.3, -0.25) is 0 Å². The van der Waals surface area contributed by atoms with Gasteiger partial charge in [-0.2, -0.15) is 3.71 Å². The Morgan fingerprint density at radius 1 is 1.71 bits per heavy atom. The normalized spacial score (nSPS) is 9.43. The first-order valence-corrected chi connectivity index (χ1v) is 3.03. The quantitative estimate of drug-likeness (QED) is 0.666. The molecule has 0 radical (unpaired) electrons. The Balaban J connectivity index is 3.12. The molecule has 0 saturated carbocycles. The maximum Gasteiger partial charge on any atom is 0.137 e. The summed E-state index contributed by atoms with van der Waals surface area (Å²) in [6, 6.07) is 0. The fourth-order valence-electron chi connectivity index (χ4n) is 0.209. The summed E-state index contributed by atoms with van der Waals surface area (Å²) in [5, 5.41) is 7.09. The second-order valence-electron chi connectivity index (χ2n) is 0.917. The molecule has 0 aliphatic carbocycles. The first kappa shape index (κ1) is 5.24. The van der Waals surface area contributed by atoms with Gasteiger partial charge in [0.1, 0.15) is 4.60 Å². The maximum absolute atomic E-state index is 3.55. The average Bonchev–Trinajstić information content (AvgIpc) is 1.91. The summed E-state index contributed by atoms with van der Waals surface area (Å²) in [6.45, 7) is 0. The summed E-state index contributed by atoms with van der Waals surface area (Å²) in [5.41, 5.74) is 0. The van der Waals surface area contributed by atoms with Gasteiger partial charge >= 0.3 is 0 Å². The fraction of sp³-hybridized carbons (Fsp3) is 0. The zero-order valence-corrected chi connectivity index (χ0v) is 6.35. The third-order valence-corrected chi connectivity index (χ3v) is 2.01. The molecule has 0 amide bonds. The summed E-state index contributed by atoms with van der Waals surface area (Å²) in [4.78, 5) is 0. The molecule has 0 aliphatic heterocycles. The summed E-state index contributed by atoms with van der Waals surface area (Å²) in [6.07, 6.45) is 1.59. The summed E-state index contributed by atoms with van der Waals surface area (Å²) in [5.74, 6) is 0. The summed E-state index contributed by atoms with van der Waals surface area (Å²) in [7, 11) is 0. The molecule has 0 aromatic carbocycles. The lowest BCUT2D eigenvalue weighted by Gasteiger charge is -1.78. The Morgan fingerprint density at radius 3 is 2.57 bits per heavy atom. The van der Waals surface area contributed by atoms with Gasteiger partial charge in [0.25, 0.3) is 0 Å². The molecule has 0 N–H and O–H groups in total. The topological polar surface area (TPSA) is 30.7 Å². The first-order chi connectivity index (χ1) is 3.30. The van der Waals surface area contributed by atoms with E-state index in [-0.39, 0.29) is 0 Å². The first-order valence-electron chi connectivity index (χ1n) is 1.53. The highest BCUT2D eigenvalue weighted by Crippen LogP contribution is 2.06. The molecule has 0 fully saturated rings. The van der Waals surface area contributed by atoms with Crippen LogP contribution in [0.3, 0.4) is 0 Å². The Kier molecular flexibility index (Phi) is 1.43. The molecule has 5 heteroatoms. The van der Waals surface area contributed by atoms with Crippen LogP contribution in [0.5, 0.6) is 0 Å². The highest BCUT2D eigenvalue weighted by atomic mass is 79.9. The molecule has 38 valence electrons. The van der Waals surface area contributed by atoms with Crippen LogP contribution in [0.25, 0.3) is 0 Å². The molecule has 1 rings (SSSR count). The highest BCUT2D eigenvalue weighted by molar-refractivity contribution is 9.11. The van der Waals surface area contributed by atoms with Crippen LogP contribution in [0.1, 0.15) is 0 Å². The second-order valence-corrected chi connectivity index (χ2v) is 2.40. The minimum atomic E-state index is 0.813. The smallest absolute Gasteiger partial charge is 0.137 e. The second kappa shape index (κ2) is 1.92. The van der Waals surface area contributed by atoms with Crippen LogP contribution in [-0.4, -0.2) is 14.0 Å². The van der Waals surface area contributed by atoms with Gasteiger partial charge < -0.3 is 0 Å². The monoisotopic (exact) mass is 225 g/mol. The van der Waals surface area contributed by atoms with Crippen LogP contribution in [0, 0.1) is 0 Å². The van der Waals surface area contributed by atoms with Crippen molar-refractivity contribution in [3.8, 4) is 0 Å². The van der Waals surface area contributed by atoms with Crippen LogP contribution in [0.15, 0.2) is 10.8 Å². The standard InChI is InChI=1S/C2HBr2N3/c3-2-1-5-6-7(2)4/h1H. The van der Waals surface area contributed by atoms with Gasteiger partial charge in [0.15, 0.2) is 0 Å². The van der Waals surface area contributed by atoms with Gasteiger partial charge in [-0.1, -0.05) is 5.21 Å². The maximum atomic E-state index is 3.55. The van der Waals surface area contributed by atoms with Gasteiger partial charge in [0, 0.05) is 0 Å². The van der Waals surface area contributed by atoms with E-state index in [0.717, 1.165) is 4.60 Å². The molecule has 1 aromatic rings. The van der Waals surface area contributed by atoms with Gasteiger partial charge in [0.05, 0.1) is 22.3 Å². The molecule has 0 unspecified atom stereocenters. The van der Waals surface area contributed by atoms with E-state index in [2.05, 4.69) is 42.4 Å². The van der Waals surface area contributed by atoms with Crippen molar-refractivity contribution in [3.63, 3.8) is 0 Å². The fourth-order valence-corrected chi connectivity index (χ4v) is 0.545. The predicted octanol–water partition coefficient (Wildman–Crippen LogP) is 1.20. The van der Waals surface area contributed by atoms with Crippen molar-refractivity contribution in [1.29, 1.82) is 0 Å². The zero-order chi connectivity index (χ0) is 5.28. The van der Waals surface area contributed by atoms with Crippen molar-refractivity contribution in [1.82, 2.24) is 14.0 Å². The number of aromatic nitrogens is 3. The number of nitrogens with zero attached hydrogens (tertiary/aromatic N) is 3. The summed E-state index contributed by atoms with van der Waals surface area (Å²) < 4.78 is 2.26. The van der Waals surface area contributed by atoms with Crippen LogP contribution in [0.4, 0.5) is 0 Å². The van der Waals surface area contributed by atoms with E-state index in [4.69, 9.17) is 0 Å². The molecule has 1 aromatic heterocycles. The lowest BCUT2D eigenvalue weighted by atomic mass is 11.0. The minimum absolute atomic E-state index is 0.813. The van der Waals surface area contributed by atoms with E-state index < -0.39 is 0 Å². The predicted molar refractivity (Wildman–Crippen MR) is 32.0 cm³/mol. The van der Waals surface area contributed by atoms with E-state index in [0.29, 0.717) is 0 Å². The van der Waals surface area contributed by atoms with E-state index in [1.807, 2.05) is 0 Å². The van der Waals surface area contributed by atoms with Crippen molar-refractivity contribution in [2.24, 2.45) is 0 Å². The Labute approximate surface area is 57.2 Å². The van der Waals surface area contributed by atoms with Gasteiger partial charge in [-0.25, -0.2) is 0 Å². The third kappa shape index (κ3) is 1.01. The molecule has 0 atom stereocenters. The number of hydrogen-bond acceptors (Lipinski definition) is 2. The minimum Gasteiger partial charge on any atom is -0.170 e. The Hall–Kier alpha value is 0.1000. The number of halogens is 2. The van der Waals surface area contributed by atoms with Crippen LogP contribution in [-0.2, 0) is 0 Å². The molecular weight excluding hydrogens is 226 g/mol. The van der Waals surface area contributed by atoms with Crippen LogP contribution >= 0.6 is 32.1 Å². The molecule has 0 saturated heterocycles. The van der Waals surface area contributed by atoms with Crippen LogP contribution in [0.2, 0.25) is 0 Å². The molecule has 0 bridgehead atoms. The van der Waals surface area contributed by atoms with E-state index >= 15 is 0 Å². The lowest BCUT2D eigenvalue weighted by Crippen LogP contribution is -1.78. The van der Waals surface area contributed by atoms with Crippen molar-refractivity contribution in [3.05, 3.63) is 10.8 Å². The number of rotatable bonds is 0. The molecule has 3 nitrogen and oxygen atoms in total. The van der Waals surface area contributed by atoms with Crippen LogP contribution < -0.4 is 0 Å². The number of hydrogen-bond donors (Lipinski definition) is 0. The zero-order valence-electron chi connectivity index (χ0n) is 3.17. The average molecular weight is 227 g/mol. The van der Waals surface area contributed by atoms with Gasteiger partial charge in [-0.15, -0.1) is 5.10 Å². The SMILES string of the molecule is Brc1cnnn1Br. The van der Waals surface area contributed by atoms with Gasteiger partial charge in [-0.05, 0) is 15.9 Å².